The summed E-state index contributed by atoms with van der Waals surface area (Å²) in [5.41, 5.74) is 1.03. The van der Waals surface area contributed by atoms with Crippen LogP contribution in [0.2, 0.25) is 0 Å². The van der Waals surface area contributed by atoms with E-state index in [2.05, 4.69) is 5.32 Å². The number of methoxy groups -OCH3 is 1. The van der Waals surface area contributed by atoms with Crippen molar-refractivity contribution in [3.8, 4) is 11.5 Å². The first kappa shape index (κ1) is 14.7. The molecule has 21 heavy (non-hydrogen) atoms. The van der Waals surface area contributed by atoms with Crippen LogP contribution >= 0.6 is 0 Å². The lowest BCUT2D eigenvalue weighted by Gasteiger charge is -2.12. The fraction of sp³-hybridized carbons (Fsp3) is 0.188. The molecule has 0 unspecified atom stereocenters. The second kappa shape index (κ2) is 7.19. The third-order valence-corrected chi connectivity index (χ3v) is 2.90. The molecule has 0 aliphatic heterocycles. The van der Waals surface area contributed by atoms with Crippen LogP contribution < -0.4 is 14.8 Å². The van der Waals surface area contributed by atoms with Gasteiger partial charge in [-0.3, -0.25) is 0 Å². The summed E-state index contributed by atoms with van der Waals surface area (Å²) in [7, 11) is 1.61. The molecule has 0 saturated carbocycles. The summed E-state index contributed by atoms with van der Waals surface area (Å²) in [6, 6.07) is 14.2. The van der Waals surface area contributed by atoms with Crippen molar-refractivity contribution in [3.63, 3.8) is 0 Å². The Morgan fingerprint density at radius 3 is 2.48 bits per heavy atom. The van der Waals surface area contributed by atoms with Crippen LogP contribution in [0.15, 0.2) is 48.5 Å². The summed E-state index contributed by atoms with van der Waals surface area (Å²) in [6.45, 7) is 0.886. The summed E-state index contributed by atoms with van der Waals surface area (Å²) in [5.74, 6) is 0.124. The van der Waals surface area contributed by atoms with Gasteiger partial charge in [-0.05, 0) is 24.3 Å². The maximum absolute atomic E-state index is 11.0. The topological polar surface area (TPSA) is 67.8 Å². The monoisotopic (exact) mass is 287 g/mol. The zero-order valence-corrected chi connectivity index (χ0v) is 11.7. The zero-order chi connectivity index (χ0) is 15.1. The van der Waals surface area contributed by atoms with Crippen LogP contribution in [0, 0.1) is 0 Å². The van der Waals surface area contributed by atoms with E-state index in [0.717, 1.165) is 11.4 Å². The van der Waals surface area contributed by atoms with Crippen molar-refractivity contribution in [2.75, 3.05) is 25.6 Å². The quantitative estimate of drug-likeness (QED) is 0.766. The Labute approximate surface area is 123 Å². The van der Waals surface area contributed by atoms with Gasteiger partial charge >= 0.3 is 5.97 Å². The van der Waals surface area contributed by atoms with Gasteiger partial charge in [-0.25, -0.2) is 4.79 Å². The number of hydrogen-bond acceptors (Lipinski definition) is 4. The number of ether oxygens (including phenoxy) is 2. The summed E-state index contributed by atoms with van der Waals surface area (Å²) in [5, 5.41) is 12.2. The highest BCUT2D eigenvalue weighted by molar-refractivity contribution is 5.90. The van der Waals surface area contributed by atoms with Crippen LogP contribution in [-0.2, 0) is 0 Å². The largest absolute Gasteiger partial charge is 0.495 e. The first-order valence-electron chi connectivity index (χ1n) is 6.54. The molecule has 2 aromatic carbocycles. The lowest BCUT2D eigenvalue weighted by molar-refractivity contribution is 0.0692. The summed E-state index contributed by atoms with van der Waals surface area (Å²) >= 11 is 0. The number of nitrogens with one attached hydrogen (secondary N) is 1. The van der Waals surface area contributed by atoms with Crippen LogP contribution in [0.25, 0.3) is 0 Å². The second-order valence-corrected chi connectivity index (χ2v) is 4.28. The van der Waals surface area contributed by atoms with E-state index in [1.807, 2.05) is 24.3 Å². The molecule has 0 amide bonds. The Kier molecular flexibility index (Phi) is 5.04. The minimum atomic E-state index is -0.997. The van der Waals surface area contributed by atoms with Gasteiger partial charge in [0.1, 0.15) is 23.7 Å². The minimum absolute atomic E-state index is 0.162. The number of rotatable bonds is 7. The lowest BCUT2D eigenvalue weighted by atomic mass is 10.2. The predicted octanol–water partition coefficient (Wildman–Crippen LogP) is 2.88. The Balaban J connectivity index is 1.89. The van der Waals surface area contributed by atoms with Gasteiger partial charge in [0, 0.05) is 6.54 Å². The number of para-hydroxylation sites is 3. The average Bonchev–Trinajstić information content (AvgIpc) is 2.52. The van der Waals surface area contributed by atoms with E-state index in [9.17, 15) is 4.79 Å². The molecule has 0 bridgehead atoms. The van der Waals surface area contributed by atoms with Crippen molar-refractivity contribution in [1.82, 2.24) is 0 Å². The average molecular weight is 287 g/mol. The van der Waals surface area contributed by atoms with Gasteiger partial charge in [0.05, 0.1) is 12.8 Å². The van der Waals surface area contributed by atoms with Crippen LogP contribution in [0.1, 0.15) is 10.4 Å². The molecule has 5 nitrogen and oxygen atoms in total. The molecule has 0 saturated heterocycles. The van der Waals surface area contributed by atoms with Crippen molar-refractivity contribution in [1.29, 1.82) is 0 Å². The maximum Gasteiger partial charge on any atom is 0.339 e. The molecular weight excluding hydrogens is 270 g/mol. The number of anilines is 1. The van der Waals surface area contributed by atoms with Crippen LogP contribution in [-0.4, -0.2) is 31.3 Å². The SMILES string of the molecule is COc1ccccc1NCCOc1ccccc1C(=O)O. The molecule has 0 aromatic heterocycles. The van der Waals surface area contributed by atoms with Gasteiger partial charge in [0.15, 0.2) is 0 Å². The fourth-order valence-electron chi connectivity index (χ4n) is 1.91. The van der Waals surface area contributed by atoms with Crippen molar-refractivity contribution in [3.05, 3.63) is 54.1 Å². The maximum atomic E-state index is 11.0. The van der Waals surface area contributed by atoms with Gasteiger partial charge in [-0.15, -0.1) is 0 Å². The van der Waals surface area contributed by atoms with Crippen LogP contribution in [0.5, 0.6) is 11.5 Å². The predicted molar refractivity (Wildman–Crippen MR) is 80.4 cm³/mol. The highest BCUT2D eigenvalue weighted by Crippen LogP contribution is 2.23. The summed E-state index contributed by atoms with van der Waals surface area (Å²) in [6.07, 6.45) is 0. The van der Waals surface area contributed by atoms with E-state index in [-0.39, 0.29) is 5.56 Å². The molecule has 0 fully saturated rings. The molecule has 0 spiro atoms. The highest BCUT2D eigenvalue weighted by atomic mass is 16.5. The van der Waals surface area contributed by atoms with E-state index in [0.29, 0.717) is 18.9 Å². The molecule has 110 valence electrons. The Morgan fingerprint density at radius 2 is 1.76 bits per heavy atom. The van der Waals surface area contributed by atoms with Gasteiger partial charge in [0.25, 0.3) is 0 Å². The van der Waals surface area contributed by atoms with Crippen LogP contribution in [0.3, 0.4) is 0 Å². The van der Waals surface area contributed by atoms with Gasteiger partial charge in [-0.1, -0.05) is 24.3 Å². The molecule has 2 aromatic rings. The summed E-state index contributed by atoms with van der Waals surface area (Å²) < 4.78 is 10.7. The normalized spacial score (nSPS) is 9.95. The van der Waals surface area contributed by atoms with E-state index in [1.54, 1.807) is 25.3 Å². The molecule has 2 N–H and O–H groups in total. The van der Waals surface area contributed by atoms with E-state index >= 15 is 0 Å². The van der Waals surface area contributed by atoms with E-state index < -0.39 is 5.97 Å². The van der Waals surface area contributed by atoms with Crippen molar-refractivity contribution in [2.24, 2.45) is 0 Å². The van der Waals surface area contributed by atoms with Crippen molar-refractivity contribution in [2.45, 2.75) is 0 Å². The molecule has 0 atom stereocenters. The number of aromatic carboxylic acids is 1. The molecule has 0 aliphatic carbocycles. The zero-order valence-electron chi connectivity index (χ0n) is 11.7. The molecule has 0 radical (unpaired) electrons. The standard InChI is InChI=1S/C16H17NO4/c1-20-15-9-5-3-7-13(15)17-10-11-21-14-8-4-2-6-12(14)16(18)19/h2-9,17H,10-11H2,1H3,(H,18,19). The molecule has 0 aliphatic rings. The molecule has 2 rings (SSSR count). The van der Waals surface area contributed by atoms with Gasteiger partial charge in [0.2, 0.25) is 0 Å². The second-order valence-electron chi connectivity index (χ2n) is 4.28. The molecule has 0 heterocycles. The number of benzene rings is 2. The third-order valence-electron chi connectivity index (χ3n) is 2.90. The number of carbonyl (C=O) groups is 1. The first-order chi connectivity index (χ1) is 10.2. The van der Waals surface area contributed by atoms with E-state index in [4.69, 9.17) is 14.6 Å². The van der Waals surface area contributed by atoms with Gasteiger partial charge in [-0.2, -0.15) is 0 Å². The Hall–Kier alpha value is -2.69. The molecule has 5 heteroatoms. The third kappa shape index (κ3) is 3.89. The Morgan fingerprint density at radius 1 is 1.10 bits per heavy atom. The number of carboxylic acid groups (broad SMARTS) is 1. The smallest absolute Gasteiger partial charge is 0.339 e. The van der Waals surface area contributed by atoms with Crippen molar-refractivity contribution < 1.29 is 19.4 Å². The molecular formula is C16H17NO4. The highest BCUT2D eigenvalue weighted by Gasteiger charge is 2.09. The Bertz CT molecular complexity index is 613. The fourth-order valence-corrected chi connectivity index (χ4v) is 1.91. The minimum Gasteiger partial charge on any atom is -0.495 e. The number of carboxylic acids is 1. The first-order valence-corrected chi connectivity index (χ1v) is 6.54. The summed E-state index contributed by atoms with van der Waals surface area (Å²) in [4.78, 5) is 11.0. The van der Waals surface area contributed by atoms with E-state index in [1.165, 1.54) is 6.07 Å². The van der Waals surface area contributed by atoms with Crippen LogP contribution in [0.4, 0.5) is 5.69 Å². The van der Waals surface area contributed by atoms with Gasteiger partial charge < -0.3 is 19.9 Å². The number of hydrogen-bond donors (Lipinski definition) is 2. The lowest BCUT2D eigenvalue weighted by Crippen LogP contribution is -2.13. The van der Waals surface area contributed by atoms with Crippen molar-refractivity contribution >= 4 is 11.7 Å².